The second kappa shape index (κ2) is 5.32. The molecule has 0 radical (unpaired) electrons. The summed E-state index contributed by atoms with van der Waals surface area (Å²) in [6.45, 7) is 0.704. The second-order valence-electron chi connectivity index (χ2n) is 3.15. The van der Waals surface area contributed by atoms with Crippen LogP contribution in [-0.2, 0) is 6.54 Å². The molecule has 0 amide bonds. The monoisotopic (exact) mass is 298 g/mol. The molecule has 2 aromatic rings. The van der Waals surface area contributed by atoms with E-state index in [0.29, 0.717) is 6.54 Å². The van der Waals surface area contributed by atoms with Gasteiger partial charge in [0.15, 0.2) is 5.13 Å². The molecule has 0 aliphatic rings. The van der Waals surface area contributed by atoms with Crippen molar-refractivity contribution in [3.8, 4) is 5.75 Å². The van der Waals surface area contributed by atoms with Gasteiger partial charge in [-0.3, -0.25) is 0 Å². The average molecular weight is 299 g/mol. The Bertz CT molecular complexity index is 459. The van der Waals surface area contributed by atoms with Crippen LogP contribution in [0.5, 0.6) is 5.75 Å². The highest BCUT2D eigenvalue weighted by atomic mass is 79.9. The molecule has 0 aliphatic heterocycles. The molecule has 0 saturated carbocycles. The molecule has 1 N–H and O–H groups in total. The number of anilines is 1. The summed E-state index contributed by atoms with van der Waals surface area (Å²) >= 11 is 5.03. The first-order valence-corrected chi connectivity index (χ1v) is 6.42. The van der Waals surface area contributed by atoms with Gasteiger partial charge in [0.25, 0.3) is 0 Å². The van der Waals surface area contributed by atoms with Gasteiger partial charge in [-0.1, -0.05) is 15.9 Å². The molecule has 0 unspecified atom stereocenters. The van der Waals surface area contributed by atoms with Gasteiger partial charge in [0.05, 0.1) is 7.11 Å². The van der Waals surface area contributed by atoms with Crippen molar-refractivity contribution in [2.24, 2.45) is 0 Å². The number of hydrogen-bond acceptors (Lipinski definition) is 4. The number of nitrogens with zero attached hydrogens (tertiary/aromatic N) is 1. The van der Waals surface area contributed by atoms with E-state index in [9.17, 15) is 0 Å². The molecular weight excluding hydrogens is 288 g/mol. The molecule has 0 aliphatic carbocycles. The Hall–Kier alpha value is -1.07. The van der Waals surface area contributed by atoms with Crippen LogP contribution in [0.1, 0.15) is 5.56 Å². The fourth-order valence-corrected chi connectivity index (χ4v) is 2.30. The smallest absolute Gasteiger partial charge is 0.182 e. The van der Waals surface area contributed by atoms with Gasteiger partial charge in [0.1, 0.15) is 5.75 Å². The van der Waals surface area contributed by atoms with Gasteiger partial charge in [-0.15, -0.1) is 11.3 Å². The van der Waals surface area contributed by atoms with Crippen LogP contribution in [0.15, 0.2) is 34.2 Å². The number of nitrogens with one attached hydrogen (secondary N) is 1. The second-order valence-corrected chi connectivity index (χ2v) is 4.96. The molecule has 0 spiro atoms. The number of rotatable bonds is 4. The maximum absolute atomic E-state index is 5.29. The summed E-state index contributed by atoms with van der Waals surface area (Å²) < 4.78 is 6.34. The predicted octanol–water partition coefficient (Wildman–Crippen LogP) is 3.53. The number of aromatic nitrogens is 1. The Balaban J connectivity index is 2.11. The number of ether oxygens (including phenoxy) is 1. The Kier molecular flexibility index (Phi) is 3.79. The van der Waals surface area contributed by atoms with E-state index in [1.807, 2.05) is 23.6 Å². The molecule has 0 fully saturated rings. The molecule has 16 heavy (non-hydrogen) atoms. The van der Waals surface area contributed by atoms with E-state index in [2.05, 4.69) is 26.2 Å². The van der Waals surface area contributed by atoms with Gasteiger partial charge < -0.3 is 10.1 Å². The van der Waals surface area contributed by atoms with Gasteiger partial charge >= 0.3 is 0 Å². The van der Waals surface area contributed by atoms with Gasteiger partial charge in [-0.05, 0) is 18.2 Å². The van der Waals surface area contributed by atoms with Crippen molar-refractivity contribution in [1.29, 1.82) is 0 Å². The standard InChI is InChI=1S/C11H11BrN2OS/c1-15-10-3-2-9(12)6-8(10)7-14-11-13-4-5-16-11/h2-6H,7H2,1H3,(H,13,14). The van der Waals surface area contributed by atoms with E-state index < -0.39 is 0 Å². The zero-order chi connectivity index (χ0) is 11.4. The quantitative estimate of drug-likeness (QED) is 0.938. The Morgan fingerprint density at radius 2 is 2.38 bits per heavy atom. The molecule has 3 nitrogen and oxygen atoms in total. The maximum Gasteiger partial charge on any atom is 0.182 e. The Morgan fingerprint density at radius 1 is 1.50 bits per heavy atom. The van der Waals surface area contributed by atoms with Crippen molar-refractivity contribution < 1.29 is 4.74 Å². The number of hydrogen-bond donors (Lipinski definition) is 1. The third-order valence-electron chi connectivity index (χ3n) is 2.10. The van der Waals surface area contributed by atoms with Gasteiger partial charge in [0, 0.05) is 28.2 Å². The molecule has 84 valence electrons. The first-order chi connectivity index (χ1) is 7.79. The zero-order valence-corrected chi connectivity index (χ0v) is 11.1. The average Bonchev–Trinajstić information content (AvgIpc) is 2.79. The third-order valence-corrected chi connectivity index (χ3v) is 3.33. The molecule has 0 bridgehead atoms. The van der Waals surface area contributed by atoms with Crippen molar-refractivity contribution in [3.05, 3.63) is 39.8 Å². The molecule has 2 rings (SSSR count). The van der Waals surface area contributed by atoms with E-state index >= 15 is 0 Å². The number of methoxy groups -OCH3 is 1. The first kappa shape index (κ1) is 11.4. The fraction of sp³-hybridized carbons (Fsp3) is 0.182. The zero-order valence-electron chi connectivity index (χ0n) is 8.74. The minimum atomic E-state index is 0.704. The van der Waals surface area contributed by atoms with Crippen LogP contribution in [0.2, 0.25) is 0 Å². The highest BCUT2D eigenvalue weighted by Gasteiger charge is 2.04. The van der Waals surface area contributed by atoms with Crippen molar-refractivity contribution >= 4 is 32.4 Å². The summed E-state index contributed by atoms with van der Waals surface area (Å²) in [5.74, 6) is 0.882. The van der Waals surface area contributed by atoms with E-state index in [0.717, 1.165) is 20.9 Å². The number of thiazole rings is 1. The summed E-state index contributed by atoms with van der Waals surface area (Å²) in [6, 6.07) is 5.95. The molecule has 1 heterocycles. The highest BCUT2D eigenvalue weighted by molar-refractivity contribution is 9.10. The normalized spacial score (nSPS) is 10.1. The lowest BCUT2D eigenvalue weighted by Gasteiger charge is -2.09. The predicted molar refractivity (Wildman–Crippen MR) is 70.1 cm³/mol. The van der Waals surface area contributed by atoms with Gasteiger partial charge in [-0.2, -0.15) is 0 Å². The molecular formula is C11H11BrN2OS. The van der Waals surface area contributed by atoms with Crippen LogP contribution in [0.4, 0.5) is 5.13 Å². The molecule has 0 saturated heterocycles. The minimum absolute atomic E-state index is 0.704. The first-order valence-electron chi connectivity index (χ1n) is 4.75. The lowest BCUT2D eigenvalue weighted by atomic mass is 10.2. The van der Waals surface area contributed by atoms with Crippen LogP contribution < -0.4 is 10.1 Å². The lowest BCUT2D eigenvalue weighted by molar-refractivity contribution is 0.410. The number of benzene rings is 1. The Morgan fingerprint density at radius 3 is 3.06 bits per heavy atom. The van der Waals surface area contributed by atoms with Crippen LogP contribution in [0, 0.1) is 0 Å². The number of halogens is 1. The van der Waals surface area contributed by atoms with Crippen molar-refractivity contribution in [1.82, 2.24) is 4.98 Å². The Labute approximate surface area is 107 Å². The maximum atomic E-state index is 5.29. The fourth-order valence-electron chi connectivity index (χ4n) is 1.37. The summed E-state index contributed by atoms with van der Waals surface area (Å²) in [4.78, 5) is 4.16. The van der Waals surface area contributed by atoms with Crippen LogP contribution in [-0.4, -0.2) is 12.1 Å². The van der Waals surface area contributed by atoms with Gasteiger partial charge in [0.2, 0.25) is 0 Å². The van der Waals surface area contributed by atoms with E-state index in [-0.39, 0.29) is 0 Å². The van der Waals surface area contributed by atoms with E-state index in [4.69, 9.17) is 4.74 Å². The van der Waals surface area contributed by atoms with Crippen molar-refractivity contribution in [2.75, 3.05) is 12.4 Å². The van der Waals surface area contributed by atoms with Crippen LogP contribution in [0.25, 0.3) is 0 Å². The largest absolute Gasteiger partial charge is 0.496 e. The summed E-state index contributed by atoms with van der Waals surface area (Å²) in [6.07, 6.45) is 1.78. The molecule has 1 aromatic carbocycles. The van der Waals surface area contributed by atoms with Gasteiger partial charge in [-0.25, -0.2) is 4.98 Å². The highest BCUT2D eigenvalue weighted by Crippen LogP contribution is 2.24. The van der Waals surface area contributed by atoms with Crippen LogP contribution >= 0.6 is 27.3 Å². The lowest BCUT2D eigenvalue weighted by Crippen LogP contribution is -2.01. The van der Waals surface area contributed by atoms with E-state index in [1.54, 1.807) is 24.6 Å². The molecule has 0 atom stereocenters. The summed E-state index contributed by atoms with van der Waals surface area (Å²) in [5, 5.41) is 6.11. The van der Waals surface area contributed by atoms with E-state index in [1.165, 1.54) is 0 Å². The van der Waals surface area contributed by atoms with Crippen molar-refractivity contribution in [3.63, 3.8) is 0 Å². The SMILES string of the molecule is COc1ccc(Br)cc1CNc1nccs1. The minimum Gasteiger partial charge on any atom is -0.496 e. The molecule has 5 heteroatoms. The summed E-state index contributed by atoms with van der Waals surface area (Å²) in [5.41, 5.74) is 1.10. The molecule has 1 aromatic heterocycles. The van der Waals surface area contributed by atoms with Crippen LogP contribution in [0.3, 0.4) is 0 Å². The third kappa shape index (κ3) is 2.74. The topological polar surface area (TPSA) is 34.1 Å². The summed E-state index contributed by atoms with van der Waals surface area (Å²) in [7, 11) is 1.68. The van der Waals surface area contributed by atoms with Crippen molar-refractivity contribution in [2.45, 2.75) is 6.54 Å².